The lowest BCUT2D eigenvalue weighted by Gasteiger charge is -2.30. The van der Waals surface area contributed by atoms with Gasteiger partial charge in [-0.05, 0) is 55.5 Å². The fourth-order valence-corrected chi connectivity index (χ4v) is 2.80. The molecule has 0 spiro atoms. The van der Waals surface area contributed by atoms with Crippen LogP contribution in [-0.4, -0.2) is 29.1 Å². The van der Waals surface area contributed by atoms with Gasteiger partial charge in [0.1, 0.15) is 0 Å². The topological polar surface area (TPSA) is 40.5 Å². The third-order valence-electron chi connectivity index (χ3n) is 4.37. The van der Waals surface area contributed by atoms with Crippen LogP contribution in [0.4, 0.5) is 0 Å². The Hall–Kier alpha value is -1.35. The maximum absolute atomic E-state index is 11.0. The Morgan fingerprint density at radius 1 is 1.35 bits per heavy atom. The van der Waals surface area contributed by atoms with Crippen LogP contribution < -0.4 is 0 Å². The number of likely N-dealkylation sites (tertiary alicyclic amines) is 1. The molecule has 0 amide bonds. The first kappa shape index (κ1) is 15.0. The second kappa shape index (κ2) is 6.40. The molecule has 20 heavy (non-hydrogen) atoms. The van der Waals surface area contributed by atoms with E-state index in [4.69, 9.17) is 5.11 Å². The van der Waals surface area contributed by atoms with Crippen molar-refractivity contribution in [3.8, 4) is 0 Å². The van der Waals surface area contributed by atoms with Gasteiger partial charge >= 0.3 is 5.97 Å². The number of rotatable bonds is 4. The summed E-state index contributed by atoms with van der Waals surface area (Å²) in [5, 5.41) is 9.04. The zero-order valence-electron chi connectivity index (χ0n) is 12.7. The van der Waals surface area contributed by atoms with E-state index in [9.17, 15) is 4.79 Å². The van der Waals surface area contributed by atoms with E-state index in [1.807, 2.05) is 0 Å². The zero-order chi connectivity index (χ0) is 14.7. The van der Waals surface area contributed by atoms with Gasteiger partial charge in [-0.1, -0.05) is 32.0 Å². The van der Waals surface area contributed by atoms with E-state index in [-0.39, 0.29) is 5.92 Å². The van der Waals surface area contributed by atoms with Gasteiger partial charge in [-0.3, -0.25) is 9.69 Å². The zero-order valence-corrected chi connectivity index (χ0v) is 12.7. The summed E-state index contributed by atoms with van der Waals surface area (Å²) in [5.74, 6) is -0.232. The van der Waals surface area contributed by atoms with E-state index in [0.717, 1.165) is 32.5 Å². The minimum Gasteiger partial charge on any atom is -0.481 e. The van der Waals surface area contributed by atoms with Gasteiger partial charge in [-0.25, -0.2) is 0 Å². The molecule has 0 bridgehead atoms. The lowest BCUT2D eigenvalue weighted by Crippen LogP contribution is -2.36. The number of nitrogens with zero attached hydrogens (tertiary/aromatic N) is 1. The van der Waals surface area contributed by atoms with Gasteiger partial charge in [0.2, 0.25) is 0 Å². The number of carbonyl (C=O) groups is 1. The Kier molecular flexibility index (Phi) is 4.81. The van der Waals surface area contributed by atoms with Crippen LogP contribution >= 0.6 is 0 Å². The molecule has 1 aliphatic heterocycles. The van der Waals surface area contributed by atoms with Crippen molar-refractivity contribution in [2.24, 2.45) is 5.92 Å². The number of benzene rings is 1. The fraction of sp³-hybridized carbons (Fsp3) is 0.588. The van der Waals surface area contributed by atoms with Crippen molar-refractivity contribution in [3.05, 3.63) is 34.9 Å². The Morgan fingerprint density at radius 3 is 2.55 bits per heavy atom. The average molecular weight is 275 g/mol. The second-order valence-corrected chi connectivity index (χ2v) is 6.23. The molecule has 0 aliphatic carbocycles. The number of hydrogen-bond donors (Lipinski definition) is 1. The Morgan fingerprint density at radius 2 is 2.00 bits per heavy atom. The summed E-state index contributed by atoms with van der Waals surface area (Å²) in [7, 11) is 0. The van der Waals surface area contributed by atoms with Crippen molar-refractivity contribution in [1.29, 1.82) is 0 Å². The van der Waals surface area contributed by atoms with E-state index >= 15 is 0 Å². The van der Waals surface area contributed by atoms with Crippen molar-refractivity contribution in [3.63, 3.8) is 0 Å². The summed E-state index contributed by atoms with van der Waals surface area (Å²) < 4.78 is 0. The van der Waals surface area contributed by atoms with Gasteiger partial charge in [0.05, 0.1) is 5.92 Å². The van der Waals surface area contributed by atoms with E-state index in [0.29, 0.717) is 5.92 Å². The average Bonchev–Trinajstić information content (AvgIpc) is 2.41. The summed E-state index contributed by atoms with van der Waals surface area (Å²) in [6.07, 6.45) is 1.55. The molecular formula is C17H25NO2. The minimum atomic E-state index is -0.636. The lowest BCUT2D eigenvalue weighted by atomic mass is 9.95. The second-order valence-electron chi connectivity index (χ2n) is 6.23. The molecule has 3 heteroatoms. The number of carboxylic acids is 1. The predicted octanol–water partition coefficient (Wildman–Crippen LogP) is 3.42. The Bertz CT molecular complexity index is 474. The molecule has 110 valence electrons. The monoisotopic (exact) mass is 275 g/mol. The molecule has 0 saturated carbocycles. The first-order valence-corrected chi connectivity index (χ1v) is 7.52. The third kappa shape index (κ3) is 3.60. The van der Waals surface area contributed by atoms with Crippen LogP contribution in [0.15, 0.2) is 18.2 Å². The molecule has 1 fully saturated rings. The van der Waals surface area contributed by atoms with Gasteiger partial charge in [0, 0.05) is 6.54 Å². The highest BCUT2D eigenvalue weighted by Crippen LogP contribution is 2.23. The number of carboxylic acid groups (broad SMARTS) is 1. The number of hydrogen-bond acceptors (Lipinski definition) is 2. The standard InChI is InChI=1S/C17H25NO2/c1-12(2)15-5-4-13(3)16(10-15)11-18-8-6-14(7-9-18)17(19)20/h4-5,10,12,14H,6-9,11H2,1-3H3,(H,19,20). The van der Waals surface area contributed by atoms with Crippen molar-refractivity contribution in [2.75, 3.05) is 13.1 Å². The van der Waals surface area contributed by atoms with Gasteiger partial charge in [0.15, 0.2) is 0 Å². The molecule has 1 aliphatic rings. The van der Waals surface area contributed by atoms with E-state index in [2.05, 4.69) is 43.9 Å². The van der Waals surface area contributed by atoms with Crippen molar-refractivity contribution in [2.45, 2.75) is 46.1 Å². The summed E-state index contributed by atoms with van der Waals surface area (Å²) >= 11 is 0. The molecule has 0 atom stereocenters. The first-order chi connectivity index (χ1) is 9.47. The lowest BCUT2D eigenvalue weighted by molar-refractivity contribution is -0.143. The van der Waals surface area contributed by atoms with E-state index in [1.54, 1.807) is 0 Å². The summed E-state index contributed by atoms with van der Waals surface area (Å²) in [6.45, 7) is 9.31. The molecule has 1 aromatic rings. The molecule has 2 rings (SSSR count). The molecule has 0 aromatic heterocycles. The summed E-state index contributed by atoms with van der Waals surface area (Å²) in [5.41, 5.74) is 4.09. The molecule has 0 unspecified atom stereocenters. The number of aliphatic carboxylic acids is 1. The third-order valence-corrected chi connectivity index (χ3v) is 4.37. The van der Waals surface area contributed by atoms with Gasteiger partial charge in [0.25, 0.3) is 0 Å². The van der Waals surface area contributed by atoms with Crippen LogP contribution in [0.2, 0.25) is 0 Å². The van der Waals surface area contributed by atoms with Crippen LogP contribution in [0.3, 0.4) is 0 Å². The quantitative estimate of drug-likeness (QED) is 0.915. The smallest absolute Gasteiger partial charge is 0.306 e. The molecule has 1 heterocycles. The van der Waals surface area contributed by atoms with E-state index in [1.165, 1.54) is 16.7 Å². The largest absolute Gasteiger partial charge is 0.481 e. The van der Waals surface area contributed by atoms with Gasteiger partial charge < -0.3 is 5.11 Å². The first-order valence-electron chi connectivity index (χ1n) is 7.52. The summed E-state index contributed by atoms with van der Waals surface area (Å²) in [4.78, 5) is 13.4. The number of piperidine rings is 1. The Balaban J connectivity index is 2.00. The van der Waals surface area contributed by atoms with Gasteiger partial charge in [-0.2, -0.15) is 0 Å². The maximum atomic E-state index is 11.0. The highest BCUT2D eigenvalue weighted by Gasteiger charge is 2.24. The molecule has 1 N–H and O–H groups in total. The Labute approximate surface area is 121 Å². The highest BCUT2D eigenvalue weighted by atomic mass is 16.4. The summed E-state index contributed by atoms with van der Waals surface area (Å²) in [6, 6.07) is 6.72. The maximum Gasteiger partial charge on any atom is 0.306 e. The van der Waals surface area contributed by atoms with Crippen LogP contribution in [0.25, 0.3) is 0 Å². The van der Waals surface area contributed by atoms with Crippen molar-refractivity contribution >= 4 is 5.97 Å². The number of aryl methyl sites for hydroxylation is 1. The SMILES string of the molecule is Cc1ccc(C(C)C)cc1CN1CCC(C(=O)O)CC1. The van der Waals surface area contributed by atoms with E-state index < -0.39 is 5.97 Å². The normalized spacial score (nSPS) is 17.6. The molecule has 1 aromatic carbocycles. The molecular weight excluding hydrogens is 250 g/mol. The minimum absolute atomic E-state index is 0.144. The van der Waals surface area contributed by atoms with Crippen LogP contribution in [0.1, 0.15) is 49.3 Å². The highest BCUT2D eigenvalue weighted by molar-refractivity contribution is 5.70. The predicted molar refractivity (Wildman–Crippen MR) is 80.9 cm³/mol. The van der Waals surface area contributed by atoms with Crippen molar-refractivity contribution < 1.29 is 9.90 Å². The van der Waals surface area contributed by atoms with Gasteiger partial charge in [-0.15, -0.1) is 0 Å². The van der Waals surface area contributed by atoms with Crippen LogP contribution in [-0.2, 0) is 11.3 Å². The van der Waals surface area contributed by atoms with Crippen LogP contribution in [0.5, 0.6) is 0 Å². The molecule has 1 saturated heterocycles. The van der Waals surface area contributed by atoms with Crippen LogP contribution in [0, 0.1) is 12.8 Å². The molecule has 3 nitrogen and oxygen atoms in total. The fourth-order valence-electron chi connectivity index (χ4n) is 2.80. The molecule has 0 radical (unpaired) electrons. The van der Waals surface area contributed by atoms with Crippen molar-refractivity contribution in [1.82, 2.24) is 4.90 Å².